The van der Waals surface area contributed by atoms with E-state index in [1.54, 1.807) is 11.3 Å². The summed E-state index contributed by atoms with van der Waals surface area (Å²) in [6, 6.07) is 8.23. The van der Waals surface area contributed by atoms with Gasteiger partial charge in [-0.05, 0) is 28.8 Å². The van der Waals surface area contributed by atoms with Gasteiger partial charge in [0.1, 0.15) is 6.61 Å². The lowest BCUT2D eigenvalue weighted by atomic mass is 10.1. The summed E-state index contributed by atoms with van der Waals surface area (Å²) in [5, 5.41) is 14.6. The summed E-state index contributed by atoms with van der Waals surface area (Å²) in [5.74, 6) is -0.320. The Hall–Kier alpha value is -1.39. The fraction of sp³-hybridized carbons (Fsp3) is 0.250. The van der Waals surface area contributed by atoms with E-state index in [1.165, 1.54) is 15.6 Å². The van der Waals surface area contributed by atoms with Gasteiger partial charge in [-0.1, -0.05) is 18.2 Å². The molecule has 84 valence electrons. The van der Waals surface area contributed by atoms with Crippen molar-refractivity contribution in [2.24, 2.45) is 0 Å². The number of nitrogens with one attached hydrogen (secondary N) is 1. The van der Waals surface area contributed by atoms with Gasteiger partial charge in [-0.25, -0.2) is 0 Å². The minimum Gasteiger partial charge on any atom is -0.387 e. The van der Waals surface area contributed by atoms with E-state index < -0.39 is 6.61 Å². The average Bonchev–Trinajstić information content (AvgIpc) is 2.73. The van der Waals surface area contributed by atoms with E-state index in [4.69, 9.17) is 5.11 Å². The smallest absolute Gasteiger partial charge is 0.245 e. The predicted molar refractivity (Wildman–Crippen MR) is 65.6 cm³/mol. The van der Waals surface area contributed by atoms with Crippen LogP contribution in [0.4, 0.5) is 0 Å². The van der Waals surface area contributed by atoms with Crippen molar-refractivity contribution < 1.29 is 9.90 Å². The Labute approximate surface area is 97.7 Å². The first-order chi connectivity index (χ1) is 7.81. The number of amides is 1. The third kappa shape index (κ3) is 2.40. The third-order valence-corrected chi connectivity index (χ3v) is 3.43. The quantitative estimate of drug-likeness (QED) is 0.844. The molecule has 4 heteroatoms. The molecule has 3 nitrogen and oxygen atoms in total. The maximum atomic E-state index is 10.8. The molecule has 0 aliphatic rings. The number of aliphatic hydroxyl groups is 1. The van der Waals surface area contributed by atoms with Crippen LogP contribution < -0.4 is 5.32 Å². The van der Waals surface area contributed by atoms with Crippen LogP contribution in [0.15, 0.2) is 29.6 Å². The Morgan fingerprint density at radius 1 is 1.38 bits per heavy atom. The number of thiophene rings is 1. The first kappa shape index (κ1) is 11.1. The van der Waals surface area contributed by atoms with Crippen LogP contribution in [0, 0.1) is 0 Å². The molecular formula is C12H13NO2S. The Bertz CT molecular complexity index is 492. The molecule has 0 aliphatic carbocycles. The molecule has 2 rings (SSSR count). The highest BCUT2D eigenvalue weighted by Crippen LogP contribution is 2.25. The summed E-state index contributed by atoms with van der Waals surface area (Å²) in [7, 11) is 0. The number of rotatable bonds is 4. The molecule has 0 aliphatic heterocycles. The SMILES string of the molecule is O=C(CO)NCCc1csc2ccccc12. The van der Waals surface area contributed by atoms with Gasteiger partial charge in [0.2, 0.25) is 5.91 Å². The van der Waals surface area contributed by atoms with Gasteiger partial charge in [-0.15, -0.1) is 11.3 Å². The lowest BCUT2D eigenvalue weighted by Gasteiger charge is -2.02. The van der Waals surface area contributed by atoms with E-state index in [2.05, 4.69) is 22.8 Å². The van der Waals surface area contributed by atoms with Gasteiger partial charge in [-0.3, -0.25) is 4.79 Å². The van der Waals surface area contributed by atoms with Gasteiger partial charge >= 0.3 is 0 Å². The highest BCUT2D eigenvalue weighted by atomic mass is 32.1. The fourth-order valence-corrected chi connectivity index (χ4v) is 2.62. The second kappa shape index (κ2) is 5.09. The molecule has 1 amide bonds. The number of hydrogen-bond donors (Lipinski definition) is 2. The van der Waals surface area contributed by atoms with Crippen LogP contribution in [0.3, 0.4) is 0 Å². The van der Waals surface area contributed by atoms with Gasteiger partial charge in [0.25, 0.3) is 0 Å². The van der Waals surface area contributed by atoms with Crippen LogP contribution in [-0.4, -0.2) is 24.2 Å². The van der Waals surface area contributed by atoms with Crippen molar-refractivity contribution >= 4 is 27.3 Å². The van der Waals surface area contributed by atoms with Crippen LogP contribution in [0.2, 0.25) is 0 Å². The highest BCUT2D eigenvalue weighted by Gasteiger charge is 2.03. The molecule has 0 atom stereocenters. The lowest BCUT2D eigenvalue weighted by molar-refractivity contribution is -0.123. The van der Waals surface area contributed by atoms with Crippen LogP contribution >= 0.6 is 11.3 Å². The summed E-state index contributed by atoms with van der Waals surface area (Å²) in [4.78, 5) is 10.8. The van der Waals surface area contributed by atoms with Gasteiger partial charge in [-0.2, -0.15) is 0 Å². The number of fused-ring (bicyclic) bond motifs is 1. The molecule has 0 bridgehead atoms. The van der Waals surface area contributed by atoms with Crippen LogP contribution in [0.5, 0.6) is 0 Å². The first-order valence-corrected chi connectivity index (χ1v) is 6.02. The zero-order valence-electron chi connectivity index (χ0n) is 8.77. The molecule has 1 aromatic heterocycles. The van der Waals surface area contributed by atoms with Gasteiger partial charge in [0, 0.05) is 11.2 Å². The second-order valence-electron chi connectivity index (χ2n) is 3.52. The molecule has 0 saturated heterocycles. The van der Waals surface area contributed by atoms with E-state index in [1.807, 2.05) is 12.1 Å². The molecule has 2 aromatic rings. The first-order valence-electron chi connectivity index (χ1n) is 5.14. The molecule has 0 radical (unpaired) electrons. The van der Waals surface area contributed by atoms with E-state index in [0.29, 0.717) is 6.54 Å². The van der Waals surface area contributed by atoms with E-state index in [9.17, 15) is 4.79 Å². The van der Waals surface area contributed by atoms with E-state index in [0.717, 1.165) is 6.42 Å². The van der Waals surface area contributed by atoms with Crippen molar-refractivity contribution in [2.45, 2.75) is 6.42 Å². The van der Waals surface area contributed by atoms with Crippen molar-refractivity contribution in [2.75, 3.05) is 13.2 Å². The molecule has 2 N–H and O–H groups in total. The normalized spacial score (nSPS) is 10.6. The summed E-state index contributed by atoms with van der Waals surface area (Å²) in [5.41, 5.74) is 1.25. The zero-order chi connectivity index (χ0) is 11.4. The number of aliphatic hydroxyl groups excluding tert-OH is 1. The summed E-state index contributed by atoms with van der Waals surface area (Å²) < 4.78 is 1.27. The van der Waals surface area contributed by atoms with Crippen LogP contribution in [0.25, 0.3) is 10.1 Å². The number of hydrogen-bond acceptors (Lipinski definition) is 3. The largest absolute Gasteiger partial charge is 0.387 e. The maximum Gasteiger partial charge on any atom is 0.245 e. The Balaban J connectivity index is 2.02. The summed E-state index contributed by atoms with van der Waals surface area (Å²) >= 11 is 1.72. The molecular weight excluding hydrogens is 222 g/mol. The van der Waals surface area contributed by atoms with Crippen LogP contribution in [0.1, 0.15) is 5.56 Å². The Morgan fingerprint density at radius 2 is 2.19 bits per heavy atom. The Morgan fingerprint density at radius 3 is 3.00 bits per heavy atom. The van der Waals surface area contributed by atoms with Crippen molar-refractivity contribution in [3.63, 3.8) is 0 Å². The minimum atomic E-state index is -0.440. The summed E-state index contributed by atoms with van der Waals surface area (Å²) in [6.07, 6.45) is 0.801. The number of carbonyl (C=O) groups is 1. The molecule has 1 aromatic carbocycles. The zero-order valence-corrected chi connectivity index (χ0v) is 9.59. The van der Waals surface area contributed by atoms with Crippen molar-refractivity contribution in [3.8, 4) is 0 Å². The molecule has 16 heavy (non-hydrogen) atoms. The standard InChI is InChI=1S/C12H13NO2S/c14-7-12(15)13-6-5-9-8-16-11-4-2-1-3-10(9)11/h1-4,8,14H,5-7H2,(H,13,15). The molecule has 0 spiro atoms. The number of carbonyl (C=O) groups excluding carboxylic acids is 1. The minimum absolute atomic E-state index is 0.320. The van der Waals surface area contributed by atoms with Gasteiger partial charge in [0.15, 0.2) is 0 Å². The lowest BCUT2D eigenvalue weighted by Crippen LogP contribution is -2.28. The van der Waals surface area contributed by atoms with Gasteiger partial charge in [0.05, 0.1) is 0 Å². The van der Waals surface area contributed by atoms with Crippen molar-refractivity contribution in [1.29, 1.82) is 0 Å². The second-order valence-corrected chi connectivity index (χ2v) is 4.43. The summed E-state index contributed by atoms with van der Waals surface area (Å²) in [6.45, 7) is 0.129. The van der Waals surface area contributed by atoms with Crippen molar-refractivity contribution in [1.82, 2.24) is 5.32 Å². The predicted octanol–water partition coefficient (Wildman–Crippen LogP) is 1.55. The third-order valence-electron chi connectivity index (χ3n) is 2.42. The van der Waals surface area contributed by atoms with E-state index in [-0.39, 0.29) is 5.91 Å². The molecule has 0 saturated carbocycles. The van der Waals surface area contributed by atoms with Crippen molar-refractivity contribution in [3.05, 3.63) is 35.2 Å². The van der Waals surface area contributed by atoms with E-state index >= 15 is 0 Å². The molecule has 0 unspecified atom stereocenters. The monoisotopic (exact) mass is 235 g/mol. The maximum absolute atomic E-state index is 10.8. The molecule has 1 heterocycles. The highest BCUT2D eigenvalue weighted by molar-refractivity contribution is 7.17. The number of benzene rings is 1. The average molecular weight is 235 g/mol. The fourth-order valence-electron chi connectivity index (χ4n) is 1.62. The van der Waals surface area contributed by atoms with Crippen LogP contribution in [-0.2, 0) is 11.2 Å². The Kier molecular flexibility index (Phi) is 3.54. The molecule has 0 fully saturated rings. The topological polar surface area (TPSA) is 49.3 Å². The van der Waals surface area contributed by atoms with Gasteiger partial charge < -0.3 is 10.4 Å².